The predicted octanol–water partition coefficient (Wildman–Crippen LogP) is 3.66. The Balaban J connectivity index is 1.52. The summed E-state index contributed by atoms with van der Waals surface area (Å²) >= 11 is 12.1. The molecule has 0 spiro atoms. The van der Waals surface area contributed by atoms with Crippen LogP contribution >= 0.6 is 23.2 Å². The first-order chi connectivity index (χ1) is 12.9. The molecule has 2 aromatic rings. The van der Waals surface area contributed by atoms with Crippen molar-refractivity contribution in [1.29, 1.82) is 0 Å². The van der Waals surface area contributed by atoms with Crippen molar-refractivity contribution in [3.05, 3.63) is 62.6 Å². The molecule has 1 saturated heterocycles. The molecule has 7 nitrogen and oxygen atoms in total. The van der Waals surface area contributed by atoms with E-state index in [2.05, 4.69) is 10.2 Å². The van der Waals surface area contributed by atoms with E-state index in [9.17, 15) is 14.9 Å². The van der Waals surface area contributed by atoms with Crippen LogP contribution in [0.1, 0.15) is 0 Å². The summed E-state index contributed by atoms with van der Waals surface area (Å²) in [6, 6.07) is 11.6. The van der Waals surface area contributed by atoms with Crippen LogP contribution in [0.2, 0.25) is 10.0 Å². The second-order valence-electron chi connectivity index (χ2n) is 6.18. The molecule has 0 saturated carbocycles. The number of halogens is 2. The van der Waals surface area contributed by atoms with Gasteiger partial charge < -0.3 is 10.2 Å². The van der Waals surface area contributed by atoms with E-state index in [1.807, 2.05) is 4.90 Å². The van der Waals surface area contributed by atoms with Gasteiger partial charge in [0.2, 0.25) is 5.91 Å². The number of hydrogen-bond donors (Lipinski definition) is 1. The van der Waals surface area contributed by atoms with Crippen molar-refractivity contribution in [3.8, 4) is 0 Å². The van der Waals surface area contributed by atoms with Crippen molar-refractivity contribution in [1.82, 2.24) is 4.90 Å². The van der Waals surface area contributed by atoms with E-state index in [-0.39, 0.29) is 18.1 Å². The number of piperazine rings is 1. The summed E-state index contributed by atoms with van der Waals surface area (Å²) < 4.78 is 0. The highest BCUT2D eigenvalue weighted by molar-refractivity contribution is 6.39. The van der Waals surface area contributed by atoms with Crippen LogP contribution in [-0.4, -0.2) is 48.5 Å². The molecule has 1 heterocycles. The van der Waals surface area contributed by atoms with Crippen molar-refractivity contribution in [2.24, 2.45) is 0 Å². The topological polar surface area (TPSA) is 78.7 Å². The number of carbonyl (C=O) groups is 1. The van der Waals surface area contributed by atoms with Gasteiger partial charge in [0.25, 0.3) is 5.69 Å². The van der Waals surface area contributed by atoms with Crippen LogP contribution in [0.4, 0.5) is 17.1 Å². The van der Waals surface area contributed by atoms with Crippen molar-refractivity contribution < 1.29 is 9.72 Å². The SMILES string of the molecule is O=C(CN1CCN(c2ccc([N+](=O)[O-])cc2)CC1)Nc1c(Cl)cccc1Cl. The van der Waals surface area contributed by atoms with Crippen molar-refractivity contribution >= 4 is 46.2 Å². The zero-order chi connectivity index (χ0) is 19.4. The first-order valence-electron chi connectivity index (χ1n) is 8.39. The van der Waals surface area contributed by atoms with Gasteiger partial charge in [-0.25, -0.2) is 0 Å². The minimum absolute atomic E-state index is 0.0762. The van der Waals surface area contributed by atoms with Crippen molar-refractivity contribution in [3.63, 3.8) is 0 Å². The molecule has 27 heavy (non-hydrogen) atoms. The Morgan fingerprint density at radius 2 is 1.63 bits per heavy atom. The summed E-state index contributed by atoms with van der Waals surface area (Å²) in [6.45, 7) is 3.13. The van der Waals surface area contributed by atoms with Crippen LogP contribution in [0, 0.1) is 10.1 Å². The van der Waals surface area contributed by atoms with E-state index < -0.39 is 4.92 Å². The van der Waals surface area contributed by atoms with Gasteiger partial charge in [-0.15, -0.1) is 0 Å². The quantitative estimate of drug-likeness (QED) is 0.602. The summed E-state index contributed by atoms with van der Waals surface area (Å²) in [7, 11) is 0. The van der Waals surface area contributed by atoms with Crippen LogP contribution < -0.4 is 10.2 Å². The van der Waals surface area contributed by atoms with Gasteiger partial charge in [-0.2, -0.15) is 0 Å². The van der Waals surface area contributed by atoms with Crippen molar-refractivity contribution in [2.75, 3.05) is 42.9 Å². The maximum absolute atomic E-state index is 12.3. The molecule has 1 aliphatic heterocycles. The zero-order valence-corrected chi connectivity index (χ0v) is 15.9. The Hall–Kier alpha value is -2.35. The maximum atomic E-state index is 12.3. The number of para-hydroxylation sites is 1. The van der Waals surface area contributed by atoms with Crippen LogP contribution in [0.25, 0.3) is 0 Å². The molecule has 0 radical (unpaired) electrons. The van der Waals surface area contributed by atoms with Crippen LogP contribution in [0.3, 0.4) is 0 Å². The van der Waals surface area contributed by atoms with Gasteiger partial charge in [0.1, 0.15) is 0 Å². The maximum Gasteiger partial charge on any atom is 0.269 e. The fraction of sp³-hybridized carbons (Fsp3) is 0.278. The monoisotopic (exact) mass is 408 g/mol. The second kappa shape index (κ2) is 8.56. The van der Waals surface area contributed by atoms with Gasteiger partial charge >= 0.3 is 0 Å². The normalized spacial score (nSPS) is 14.8. The molecular weight excluding hydrogens is 391 g/mol. The molecular formula is C18H18Cl2N4O3. The number of nitrogens with one attached hydrogen (secondary N) is 1. The number of amides is 1. The smallest absolute Gasteiger partial charge is 0.269 e. The summed E-state index contributed by atoms with van der Waals surface area (Å²) in [4.78, 5) is 26.8. The van der Waals surface area contributed by atoms with Crippen LogP contribution in [-0.2, 0) is 4.79 Å². The molecule has 3 rings (SSSR count). The standard InChI is InChI=1S/C18H18Cl2N4O3/c19-15-2-1-3-16(20)18(15)21-17(25)12-22-8-10-23(11-9-22)13-4-6-14(7-5-13)24(26)27/h1-7H,8-12H2,(H,21,25). The number of carbonyl (C=O) groups excluding carboxylic acids is 1. The molecule has 142 valence electrons. The Bertz CT molecular complexity index is 817. The molecule has 0 atom stereocenters. The highest BCUT2D eigenvalue weighted by Gasteiger charge is 2.20. The number of rotatable bonds is 5. The van der Waals surface area contributed by atoms with Crippen molar-refractivity contribution in [2.45, 2.75) is 0 Å². The highest BCUT2D eigenvalue weighted by Crippen LogP contribution is 2.29. The number of anilines is 2. The third-order valence-electron chi connectivity index (χ3n) is 4.39. The molecule has 0 bridgehead atoms. The summed E-state index contributed by atoms with van der Waals surface area (Å²) in [5.41, 5.74) is 1.44. The molecule has 0 aromatic heterocycles. The Labute approximate surface area is 166 Å². The number of non-ortho nitro benzene ring substituents is 1. The van der Waals surface area contributed by atoms with Gasteiger partial charge in [0.05, 0.1) is 27.2 Å². The van der Waals surface area contributed by atoms with E-state index in [1.165, 1.54) is 12.1 Å². The Morgan fingerprint density at radius 3 is 2.19 bits per heavy atom. The minimum atomic E-state index is -0.411. The van der Waals surface area contributed by atoms with Gasteiger partial charge in [-0.1, -0.05) is 29.3 Å². The Kier molecular flexibility index (Phi) is 6.15. The summed E-state index contributed by atoms with van der Waals surface area (Å²) in [5.74, 6) is -0.172. The lowest BCUT2D eigenvalue weighted by Crippen LogP contribution is -2.48. The molecule has 1 amide bonds. The Morgan fingerprint density at radius 1 is 1.04 bits per heavy atom. The lowest BCUT2D eigenvalue weighted by atomic mass is 10.2. The average molecular weight is 409 g/mol. The average Bonchev–Trinajstić information content (AvgIpc) is 2.65. The number of nitrogens with zero attached hydrogens (tertiary/aromatic N) is 3. The number of hydrogen-bond acceptors (Lipinski definition) is 5. The zero-order valence-electron chi connectivity index (χ0n) is 14.4. The lowest BCUT2D eigenvalue weighted by Gasteiger charge is -2.35. The number of nitro benzene ring substituents is 1. The van der Waals surface area contributed by atoms with Crippen LogP contribution in [0.15, 0.2) is 42.5 Å². The fourth-order valence-corrected chi connectivity index (χ4v) is 3.44. The molecule has 0 aliphatic carbocycles. The minimum Gasteiger partial charge on any atom is -0.369 e. The number of nitro groups is 1. The third kappa shape index (κ3) is 4.88. The van der Waals surface area contributed by atoms with E-state index in [4.69, 9.17) is 23.2 Å². The third-order valence-corrected chi connectivity index (χ3v) is 5.02. The molecule has 0 unspecified atom stereocenters. The lowest BCUT2D eigenvalue weighted by molar-refractivity contribution is -0.384. The molecule has 2 aromatic carbocycles. The van der Waals surface area contributed by atoms with Gasteiger partial charge in [0, 0.05) is 44.0 Å². The van der Waals surface area contributed by atoms with E-state index in [0.29, 0.717) is 28.8 Å². The first-order valence-corrected chi connectivity index (χ1v) is 9.15. The molecule has 9 heteroatoms. The van der Waals surface area contributed by atoms with E-state index >= 15 is 0 Å². The highest BCUT2D eigenvalue weighted by atomic mass is 35.5. The van der Waals surface area contributed by atoms with E-state index in [1.54, 1.807) is 30.3 Å². The molecule has 1 N–H and O–H groups in total. The van der Waals surface area contributed by atoms with E-state index in [0.717, 1.165) is 18.8 Å². The van der Waals surface area contributed by atoms with Gasteiger partial charge in [-0.3, -0.25) is 19.8 Å². The van der Waals surface area contributed by atoms with Gasteiger partial charge in [0.15, 0.2) is 0 Å². The molecule has 1 aliphatic rings. The van der Waals surface area contributed by atoms with Crippen LogP contribution in [0.5, 0.6) is 0 Å². The largest absolute Gasteiger partial charge is 0.369 e. The second-order valence-corrected chi connectivity index (χ2v) is 7.00. The summed E-state index contributed by atoms with van der Waals surface area (Å²) in [6.07, 6.45) is 0. The predicted molar refractivity (Wildman–Crippen MR) is 107 cm³/mol. The number of benzene rings is 2. The fourth-order valence-electron chi connectivity index (χ4n) is 2.95. The van der Waals surface area contributed by atoms with Gasteiger partial charge in [-0.05, 0) is 24.3 Å². The summed E-state index contributed by atoms with van der Waals surface area (Å²) in [5, 5.41) is 14.3. The molecule has 1 fully saturated rings. The first kappa shape index (κ1) is 19.4.